The minimum absolute atomic E-state index is 0.00728. The summed E-state index contributed by atoms with van der Waals surface area (Å²) in [6.45, 7) is 1.66. The third-order valence-electron chi connectivity index (χ3n) is 2.84. The Bertz CT molecular complexity index is 505. The maximum absolute atomic E-state index is 13.8. The molecule has 0 spiro atoms. The van der Waals surface area contributed by atoms with Crippen molar-refractivity contribution in [3.8, 4) is 5.75 Å². The van der Waals surface area contributed by atoms with Gasteiger partial charge in [-0.25, -0.2) is 9.18 Å². The van der Waals surface area contributed by atoms with Crippen LogP contribution in [0.1, 0.15) is 24.0 Å². The number of aryl methyl sites for hydroxylation is 1. The largest absolute Gasteiger partial charge is 0.504 e. The first-order chi connectivity index (χ1) is 7.52. The van der Waals surface area contributed by atoms with E-state index in [0.29, 0.717) is 18.4 Å². The monoisotopic (exact) mass is 241 g/mol. The molecule has 16 heavy (non-hydrogen) atoms. The number of halogens is 2. The van der Waals surface area contributed by atoms with E-state index in [-0.39, 0.29) is 10.6 Å². The van der Waals surface area contributed by atoms with E-state index in [1.165, 1.54) is 12.1 Å². The zero-order valence-electron chi connectivity index (χ0n) is 8.55. The zero-order valence-corrected chi connectivity index (χ0v) is 9.31. The van der Waals surface area contributed by atoms with Crippen molar-refractivity contribution in [2.75, 3.05) is 0 Å². The highest BCUT2D eigenvalue weighted by molar-refractivity contribution is 6.32. The van der Waals surface area contributed by atoms with Crippen LogP contribution in [0.15, 0.2) is 11.1 Å². The summed E-state index contributed by atoms with van der Waals surface area (Å²) in [4.78, 5) is 13.9. The van der Waals surface area contributed by atoms with Crippen molar-refractivity contribution in [2.45, 2.75) is 25.3 Å². The first-order valence-electron chi connectivity index (χ1n) is 4.79. The van der Waals surface area contributed by atoms with Crippen LogP contribution in [0, 0.1) is 12.7 Å². The maximum Gasteiger partial charge on any atom is 0.235 e. The highest BCUT2D eigenvalue weighted by Gasteiger charge is 2.47. The summed E-state index contributed by atoms with van der Waals surface area (Å²) in [5, 5.41) is 9.47. The van der Waals surface area contributed by atoms with Crippen LogP contribution in [0.4, 0.5) is 4.39 Å². The first-order valence-corrected chi connectivity index (χ1v) is 5.17. The van der Waals surface area contributed by atoms with Gasteiger partial charge in [-0.3, -0.25) is 0 Å². The lowest BCUT2D eigenvalue weighted by atomic mass is 10.0. The van der Waals surface area contributed by atoms with Crippen LogP contribution in [-0.4, -0.2) is 11.2 Å². The summed E-state index contributed by atoms with van der Waals surface area (Å²) >= 11 is 5.70. The van der Waals surface area contributed by atoms with Crippen molar-refractivity contribution in [3.63, 3.8) is 0 Å². The van der Waals surface area contributed by atoms with Crippen LogP contribution in [0.2, 0.25) is 5.02 Å². The first kappa shape index (κ1) is 11.1. The van der Waals surface area contributed by atoms with E-state index in [2.05, 4.69) is 4.99 Å². The second-order valence-corrected chi connectivity index (χ2v) is 4.33. The number of aliphatic imine (C=N–C) groups is 1. The predicted octanol–water partition coefficient (Wildman–Crippen LogP) is 2.82. The standard InChI is InChI=1S/C11H9ClFNO2/c1-6-4-7(9(13)10(16)8(6)12)11(2-3-11)14-5-15/h4,16H,2-3H2,1H3. The molecule has 0 radical (unpaired) electrons. The van der Waals surface area contributed by atoms with Crippen molar-refractivity contribution in [1.82, 2.24) is 0 Å². The molecule has 1 N–H and O–H groups in total. The molecule has 1 aliphatic rings. The topological polar surface area (TPSA) is 49.7 Å². The van der Waals surface area contributed by atoms with Gasteiger partial charge in [-0.2, -0.15) is 4.99 Å². The number of phenols is 1. The van der Waals surface area contributed by atoms with E-state index in [4.69, 9.17) is 11.6 Å². The summed E-state index contributed by atoms with van der Waals surface area (Å²) in [6.07, 6.45) is 2.61. The molecule has 1 aromatic rings. The van der Waals surface area contributed by atoms with E-state index in [1.807, 2.05) is 0 Å². The number of hydrogen-bond donors (Lipinski definition) is 1. The molecule has 84 valence electrons. The number of isocyanates is 1. The highest BCUT2D eigenvalue weighted by Crippen LogP contribution is 2.52. The summed E-state index contributed by atoms with van der Waals surface area (Å²) in [5.41, 5.74) is -0.0586. The molecule has 0 aliphatic heterocycles. The molecule has 5 heteroatoms. The third-order valence-corrected chi connectivity index (χ3v) is 3.32. The van der Waals surface area contributed by atoms with E-state index < -0.39 is 17.1 Å². The molecule has 1 saturated carbocycles. The van der Waals surface area contributed by atoms with E-state index in [1.54, 1.807) is 6.92 Å². The molecule has 0 atom stereocenters. The fourth-order valence-corrected chi connectivity index (χ4v) is 1.88. The molecule has 2 rings (SSSR count). The van der Waals surface area contributed by atoms with Gasteiger partial charge in [-0.05, 0) is 31.4 Å². The van der Waals surface area contributed by atoms with E-state index in [9.17, 15) is 14.3 Å². The summed E-state index contributed by atoms with van der Waals surface area (Å²) in [5.74, 6) is -1.38. The molecule has 0 amide bonds. The van der Waals surface area contributed by atoms with Crippen LogP contribution >= 0.6 is 11.6 Å². The van der Waals surface area contributed by atoms with Crippen LogP contribution in [0.25, 0.3) is 0 Å². The van der Waals surface area contributed by atoms with Crippen LogP contribution in [0.5, 0.6) is 5.75 Å². The Kier molecular flexibility index (Phi) is 2.49. The SMILES string of the molecule is Cc1cc(C2(N=C=O)CC2)c(F)c(O)c1Cl. The molecule has 1 fully saturated rings. The van der Waals surface area contributed by atoms with Crippen LogP contribution in [0.3, 0.4) is 0 Å². The molecule has 3 nitrogen and oxygen atoms in total. The van der Waals surface area contributed by atoms with Gasteiger partial charge in [0.1, 0.15) is 5.54 Å². The number of aromatic hydroxyl groups is 1. The Labute approximate surface area is 96.6 Å². The fourth-order valence-electron chi connectivity index (χ4n) is 1.74. The average molecular weight is 242 g/mol. The van der Waals surface area contributed by atoms with Crippen LogP contribution < -0.4 is 0 Å². The Morgan fingerprint density at radius 1 is 1.62 bits per heavy atom. The molecule has 0 unspecified atom stereocenters. The molecular weight excluding hydrogens is 233 g/mol. The normalized spacial score (nSPS) is 16.7. The Morgan fingerprint density at radius 2 is 2.25 bits per heavy atom. The van der Waals surface area contributed by atoms with Gasteiger partial charge in [-0.1, -0.05) is 11.6 Å². The second kappa shape index (κ2) is 3.58. The zero-order chi connectivity index (χ0) is 11.9. The lowest BCUT2D eigenvalue weighted by Gasteiger charge is -2.13. The van der Waals surface area contributed by atoms with Gasteiger partial charge in [0.15, 0.2) is 11.6 Å². The maximum atomic E-state index is 13.8. The minimum atomic E-state index is -0.835. The van der Waals surface area contributed by atoms with Crippen LogP contribution in [-0.2, 0) is 10.3 Å². The number of carbonyl (C=O) groups excluding carboxylic acids is 1. The molecule has 0 bridgehead atoms. The van der Waals surface area contributed by atoms with Gasteiger partial charge in [-0.15, -0.1) is 0 Å². The van der Waals surface area contributed by atoms with E-state index in [0.717, 1.165) is 0 Å². The summed E-state index contributed by atoms with van der Waals surface area (Å²) in [7, 11) is 0. The number of phenolic OH excluding ortho intramolecular Hbond substituents is 1. The average Bonchev–Trinajstić information content (AvgIpc) is 3.02. The minimum Gasteiger partial charge on any atom is -0.504 e. The molecule has 1 aliphatic carbocycles. The van der Waals surface area contributed by atoms with Gasteiger partial charge in [0, 0.05) is 5.56 Å². The molecule has 0 aromatic heterocycles. The third kappa shape index (κ3) is 1.51. The number of rotatable bonds is 2. The molecular formula is C11H9ClFNO2. The van der Waals surface area contributed by atoms with E-state index >= 15 is 0 Å². The summed E-state index contributed by atoms with van der Waals surface area (Å²) < 4.78 is 13.8. The van der Waals surface area contributed by atoms with Gasteiger partial charge in [0.2, 0.25) is 6.08 Å². The van der Waals surface area contributed by atoms with Gasteiger partial charge >= 0.3 is 0 Å². The number of benzene rings is 1. The number of hydrogen-bond acceptors (Lipinski definition) is 3. The lowest BCUT2D eigenvalue weighted by Crippen LogP contribution is -2.06. The Balaban J connectivity index is 2.63. The lowest BCUT2D eigenvalue weighted by molar-refractivity contribution is 0.423. The van der Waals surface area contributed by atoms with Gasteiger partial charge < -0.3 is 5.11 Å². The van der Waals surface area contributed by atoms with Crippen molar-refractivity contribution >= 4 is 17.7 Å². The smallest absolute Gasteiger partial charge is 0.235 e. The second-order valence-electron chi connectivity index (χ2n) is 3.95. The van der Waals surface area contributed by atoms with Crippen molar-refractivity contribution in [3.05, 3.63) is 28.0 Å². The Hall–Kier alpha value is -1.38. The quantitative estimate of drug-likeness (QED) is 0.639. The van der Waals surface area contributed by atoms with Crippen molar-refractivity contribution < 1.29 is 14.3 Å². The Morgan fingerprint density at radius 3 is 2.75 bits per heavy atom. The number of nitrogens with zero attached hydrogens (tertiary/aromatic N) is 1. The predicted molar refractivity (Wildman–Crippen MR) is 56.8 cm³/mol. The fraction of sp³-hybridized carbons (Fsp3) is 0.364. The molecule has 0 saturated heterocycles. The molecule has 0 heterocycles. The summed E-state index contributed by atoms with van der Waals surface area (Å²) in [6, 6.07) is 1.52. The molecule has 1 aromatic carbocycles. The highest BCUT2D eigenvalue weighted by atomic mass is 35.5. The van der Waals surface area contributed by atoms with Gasteiger partial charge in [0.05, 0.1) is 5.02 Å². The van der Waals surface area contributed by atoms with Gasteiger partial charge in [0.25, 0.3) is 0 Å². The van der Waals surface area contributed by atoms with Crippen molar-refractivity contribution in [1.29, 1.82) is 0 Å². The van der Waals surface area contributed by atoms with Crippen molar-refractivity contribution in [2.24, 2.45) is 4.99 Å².